The highest BCUT2D eigenvalue weighted by atomic mass is 35.5. The monoisotopic (exact) mass is 554 g/mol. The zero-order valence-corrected chi connectivity index (χ0v) is 21.5. The number of nitrogens with zero attached hydrogens (tertiary/aromatic N) is 3. The van der Waals surface area contributed by atoms with Crippen molar-refractivity contribution < 1.29 is 37.8 Å². The molecule has 0 aliphatic rings. The van der Waals surface area contributed by atoms with Crippen LogP contribution in [0.2, 0.25) is 5.02 Å². The number of aromatic carboxylic acids is 1. The van der Waals surface area contributed by atoms with E-state index in [0.29, 0.717) is 28.5 Å². The van der Waals surface area contributed by atoms with Gasteiger partial charge in [-0.2, -0.15) is 18.3 Å². The fourth-order valence-corrected chi connectivity index (χ4v) is 3.60. The van der Waals surface area contributed by atoms with Gasteiger partial charge >= 0.3 is 18.1 Å². The van der Waals surface area contributed by atoms with Crippen molar-refractivity contribution in [2.75, 3.05) is 17.3 Å². The molecule has 0 aliphatic carbocycles. The van der Waals surface area contributed by atoms with Gasteiger partial charge in [-0.15, -0.1) is 0 Å². The molecular weight excluding hydrogens is 529 g/mol. The predicted octanol–water partition coefficient (Wildman–Crippen LogP) is 5.48. The SMILES string of the molecule is CCCn1nc(C)cc1CN(C)c1ccc(NC(=O)c2cccc(Cl)c2)cc1C(=O)O.O=C(O)C(F)(F)F. The summed E-state index contributed by atoms with van der Waals surface area (Å²) in [5, 5.41) is 24.6. The fraction of sp³-hybridized carbons (Fsp3) is 0.280. The number of benzene rings is 2. The quantitative estimate of drug-likeness (QED) is 0.337. The molecule has 1 heterocycles. The van der Waals surface area contributed by atoms with Crippen LogP contribution in [0.15, 0.2) is 48.5 Å². The molecule has 1 aromatic heterocycles. The normalized spacial score (nSPS) is 10.8. The number of aryl methyl sites for hydroxylation is 2. The first kappa shape index (κ1) is 30.2. The summed E-state index contributed by atoms with van der Waals surface area (Å²) in [5.41, 5.74) is 3.38. The Labute approximate surface area is 221 Å². The summed E-state index contributed by atoms with van der Waals surface area (Å²) < 4.78 is 33.7. The second-order valence-electron chi connectivity index (χ2n) is 8.16. The molecule has 0 radical (unpaired) electrons. The highest BCUT2D eigenvalue weighted by Gasteiger charge is 2.38. The summed E-state index contributed by atoms with van der Waals surface area (Å²) in [5.74, 6) is -4.19. The van der Waals surface area contributed by atoms with E-state index in [1.807, 2.05) is 29.6 Å². The topological polar surface area (TPSA) is 125 Å². The molecule has 3 rings (SSSR count). The van der Waals surface area contributed by atoms with Crippen LogP contribution in [-0.4, -0.2) is 51.1 Å². The lowest BCUT2D eigenvalue weighted by Gasteiger charge is -2.22. The van der Waals surface area contributed by atoms with E-state index in [4.69, 9.17) is 21.5 Å². The van der Waals surface area contributed by atoms with Crippen molar-refractivity contribution >= 4 is 40.8 Å². The number of hydrogen-bond acceptors (Lipinski definition) is 5. The minimum absolute atomic E-state index is 0.102. The predicted molar refractivity (Wildman–Crippen MR) is 136 cm³/mol. The molecular formula is C25H26ClF3N4O5. The Bertz CT molecular complexity index is 1310. The molecule has 1 amide bonds. The number of anilines is 2. The number of hydrogen-bond donors (Lipinski definition) is 3. The molecule has 0 aliphatic heterocycles. The van der Waals surface area contributed by atoms with Crippen LogP contribution >= 0.6 is 11.6 Å². The van der Waals surface area contributed by atoms with E-state index in [1.54, 1.807) is 36.4 Å². The second kappa shape index (κ2) is 13.0. The number of carbonyl (C=O) groups is 3. The number of rotatable bonds is 8. The molecule has 9 nitrogen and oxygen atoms in total. The van der Waals surface area contributed by atoms with E-state index in [-0.39, 0.29) is 11.5 Å². The molecule has 204 valence electrons. The molecule has 13 heteroatoms. The van der Waals surface area contributed by atoms with Crippen molar-refractivity contribution in [3.8, 4) is 0 Å². The van der Waals surface area contributed by atoms with Gasteiger partial charge in [0.05, 0.1) is 29.2 Å². The van der Waals surface area contributed by atoms with Gasteiger partial charge in [0.25, 0.3) is 5.91 Å². The number of nitrogens with one attached hydrogen (secondary N) is 1. The van der Waals surface area contributed by atoms with E-state index in [9.17, 15) is 27.9 Å². The first-order valence-electron chi connectivity index (χ1n) is 11.2. The van der Waals surface area contributed by atoms with Crippen molar-refractivity contribution in [3.63, 3.8) is 0 Å². The number of aromatic nitrogens is 2. The van der Waals surface area contributed by atoms with Crippen molar-refractivity contribution in [1.82, 2.24) is 9.78 Å². The molecule has 38 heavy (non-hydrogen) atoms. The van der Waals surface area contributed by atoms with E-state index in [1.165, 1.54) is 6.07 Å². The highest BCUT2D eigenvalue weighted by molar-refractivity contribution is 6.31. The molecule has 0 spiro atoms. The van der Waals surface area contributed by atoms with Crippen molar-refractivity contribution in [2.45, 2.75) is 39.5 Å². The summed E-state index contributed by atoms with van der Waals surface area (Å²) >= 11 is 5.94. The maximum Gasteiger partial charge on any atom is 0.490 e. The Balaban J connectivity index is 0.000000638. The smallest absolute Gasteiger partial charge is 0.478 e. The molecule has 0 unspecified atom stereocenters. The Morgan fingerprint density at radius 3 is 2.32 bits per heavy atom. The zero-order chi connectivity index (χ0) is 28.6. The maximum absolute atomic E-state index is 12.5. The molecule has 0 atom stereocenters. The molecule has 3 N–H and O–H groups in total. The van der Waals surface area contributed by atoms with Crippen LogP contribution in [0.3, 0.4) is 0 Å². The molecule has 0 bridgehead atoms. The van der Waals surface area contributed by atoms with Crippen molar-refractivity contribution in [1.29, 1.82) is 0 Å². The summed E-state index contributed by atoms with van der Waals surface area (Å²) in [6.07, 6.45) is -4.13. The van der Waals surface area contributed by atoms with Gasteiger partial charge in [0.15, 0.2) is 0 Å². The standard InChI is InChI=1S/C23H25ClN4O3.C2HF3O2/c1-4-10-28-19(11-15(2)26-28)14-27(3)21-9-8-18(13-20(21)23(30)31)25-22(29)16-6-5-7-17(24)12-16;3-2(4,5)1(6)7/h5-9,11-13H,4,10,14H2,1-3H3,(H,25,29)(H,30,31);(H,6,7). The van der Waals surface area contributed by atoms with Gasteiger partial charge < -0.3 is 20.4 Å². The van der Waals surface area contributed by atoms with Crippen LogP contribution in [-0.2, 0) is 17.9 Å². The van der Waals surface area contributed by atoms with Gasteiger partial charge in [-0.1, -0.05) is 24.6 Å². The summed E-state index contributed by atoms with van der Waals surface area (Å²) in [4.78, 5) is 35.2. The molecule has 0 saturated heterocycles. The molecule has 3 aromatic rings. The third kappa shape index (κ3) is 8.51. The average Bonchev–Trinajstić information content (AvgIpc) is 3.17. The Morgan fingerprint density at radius 1 is 1.11 bits per heavy atom. The van der Waals surface area contributed by atoms with Crippen LogP contribution in [0.4, 0.5) is 24.5 Å². The Hall–Kier alpha value is -4.06. The van der Waals surface area contributed by atoms with E-state index < -0.39 is 18.1 Å². The number of alkyl halides is 3. The van der Waals surface area contributed by atoms with Gasteiger partial charge in [-0.25, -0.2) is 9.59 Å². The van der Waals surface area contributed by atoms with E-state index in [0.717, 1.165) is 24.4 Å². The largest absolute Gasteiger partial charge is 0.490 e. The number of amides is 1. The summed E-state index contributed by atoms with van der Waals surface area (Å²) in [6.45, 7) is 5.34. The lowest BCUT2D eigenvalue weighted by molar-refractivity contribution is -0.192. The van der Waals surface area contributed by atoms with Crippen LogP contribution in [0.25, 0.3) is 0 Å². The molecule has 0 fully saturated rings. The maximum atomic E-state index is 12.5. The average molecular weight is 555 g/mol. The van der Waals surface area contributed by atoms with Gasteiger partial charge in [-0.05, 0) is 55.8 Å². The van der Waals surface area contributed by atoms with Crippen molar-refractivity contribution in [3.05, 3.63) is 76.1 Å². The summed E-state index contributed by atoms with van der Waals surface area (Å²) in [7, 11) is 1.84. The zero-order valence-electron chi connectivity index (χ0n) is 20.7. The second-order valence-corrected chi connectivity index (χ2v) is 8.60. The van der Waals surface area contributed by atoms with Crippen molar-refractivity contribution in [2.24, 2.45) is 0 Å². The number of halogens is 4. The Morgan fingerprint density at radius 2 is 1.76 bits per heavy atom. The number of carbonyl (C=O) groups excluding carboxylic acids is 1. The minimum atomic E-state index is -5.08. The summed E-state index contributed by atoms with van der Waals surface area (Å²) in [6, 6.07) is 13.4. The molecule has 0 saturated carbocycles. The van der Waals surface area contributed by atoms with Crippen LogP contribution < -0.4 is 10.2 Å². The Kier molecular flexibility index (Phi) is 10.3. The minimum Gasteiger partial charge on any atom is -0.478 e. The first-order chi connectivity index (χ1) is 17.7. The third-order valence-corrected chi connectivity index (χ3v) is 5.28. The number of aliphatic carboxylic acids is 1. The van der Waals surface area contributed by atoms with E-state index in [2.05, 4.69) is 17.3 Å². The third-order valence-electron chi connectivity index (χ3n) is 5.05. The number of carboxylic acid groups (broad SMARTS) is 2. The van der Waals surface area contributed by atoms with Gasteiger partial charge in [0.1, 0.15) is 0 Å². The lowest BCUT2D eigenvalue weighted by atomic mass is 10.1. The van der Waals surface area contributed by atoms with Crippen LogP contribution in [0, 0.1) is 6.92 Å². The lowest BCUT2D eigenvalue weighted by Crippen LogP contribution is -2.22. The van der Waals surface area contributed by atoms with Crippen LogP contribution in [0.1, 0.15) is 45.4 Å². The number of carboxylic acids is 2. The fourth-order valence-electron chi connectivity index (χ4n) is 3.41. The van der Waals surface area contributed by atoms with Crippen LogP contribution in [0.5, 0.6) is 0 Å². The first-order valence-corrected chi connectivity index (χ1v) is 11.6. The van der Waals surface area contributed by atoms with Gasteiger partial charge in [0.2, 0.25) is 0 Å². The highest BCUT2D eigenvalue weighted by Crippen LogP contribution is 2.26. The van der Waals surface area contributed by atoms with Gasteiger partial charge in [-0.3, -0.25) is 9.48 Å². The molecule has 2 aromatic carbocycles. The van der Waals surface area contributed by atoms with Gasteiger partial charge in [0, 0.05) is 29.9 Å². The van der Waals surface area contributed by atoms with E-state index >= 15 is 0 Å².